The molecule has 2 aromatic rings. The summed E-state index contributed by atoms with van der Waals surface area (Å²) in [5, 5.41) is 0. The minimum absolute atomic E-state index is 0.0214. The summed E-state index contributed by atoms with van der Waals surface area (Å²) in [7, 11) is 2.09. The number of ether oxygens (including phenoxy) is 1. The molecule has 0 N–H and O–H groups in total. The van der Waals surface area contributed by atoms with Crippen molar-refractivity contribution in [2.75, 3.05) is 46.3 Å². The van der Waals surface area contributed by atoms with E-state index in [4.69, 9.17) is 4.74 Å². The Hall–Kier alpha value is -2.41. The first-order valence-corrected chi connectivity index (χ1v) is 8.80. The molecule has 2 amide bonds. The quantitative estimate of drug-likeness (QED) is 0.827. The number of amides is 2. The van der Waals surface area contributed by atoms with E-state index in [0.717, 1.165) is 50.2 Å². The summed E-state index contributed by atoms with van der Waals surface area (Å²) in [6, 6.07) is 7.86. The third-order valence-corrected chi connectivity index (χ3v) is 4.90. The van der Waals surface area contributed by atoms with Crippen molar-refractivity contribution >= 4 is 17.1 Å². The van der Waals surface area contributed by atoms with Crippen molar-refractivity contribution in [3.8, 4) is 5.88 Å². The molecule has 1 atom stereocenters. The fraction of sp³-hybridized carbons (Fsp3) is 0.500. The first kappa shape index (κ1) is 16.1. The predicted molar refractivity (Wildman–Crippen MR) is 94.6 cm³/mol. The lowest BCUT2D eigenvalue weighted by Crippen LogP contribution is -2.51. The Morgan fingerprint density at radius 2 is 1.84 bits per heavy atom. The fourth-order valence-electron chi connectivity index (χ4n) is 3.36. The number of aromatic nitrogens is 2. The molecule has 7 nitrogen and oxygen atoms in total. The van der Waals surface area contributed by atoms with Crippen LogP contribution in [0.5, 0.6) is 5.88 Å². The first-order valence-electron chi connectivity index (χ1n) is 8.80. The summed E-state index contributed by atoms with van der Waals surface area (Å²) >= 11 is 0. The number of carbonyl (C=O) groups is 1. The van der Waals surface area contributed by atoms with Crippen LogP contribution in [0.3, 0.4) is 0 Å². The monoisotopic (exact) mass is 341 g/mol. The summed E-state index contributed by atoms with van der Waals surface area (Å²) < 4.78 is 5.97. The highest BCUT2D eigenvalue weighted by Crippen LogP contribution is 2.19. The molecule has 0 spiro atoms. The Morgan fingerprint density at radius 1 is 1.08 bits per heavy atom. The highest BCUT2D eigenvalue weighted by Gasteiger charge is 2.31. The van der Waals surface area contributed by atoms with Crippen molar-refractivity contribution in [3.63, 3.8) is 0 Å². The molecule has 2 saturated heterocycles. The van der Waals surface area contributed by atoms with Gasteiger partial charge in [-0.1, -0.05) is 12.1 Å². The molecule has 1 aromatic heterocycles. The van der Waals surface area contributed by atoms with Gasteiger partial charge in [0.15, 0.2) is 0 Å². The number of benzene rings is 1. The van der Waals surface area contributed by atoms with E-state index >= 15 is 0 Å². The van der Waals surface area contributed by atoms with E-state index < -0.39 is 0 Å². The van der Waals surface area contributed by atoms with Gasteiger partial charge in [0, 0.05) is 39.1 Å². The molecule has 2 aliphatic heterocycles. The Labute approximate surface area is 147 Å². The molecule has 0 bridgehead atoms. The van der Waals surface area contributed by atoms with E-state index in [2.05, 4.69) is 21.9 Å². The second-order valence-electron chi connectivity index (χ2n) is 6.74. The van der Waals surface area contributed by atoms with Crippen LogP contribution in [0.2, 0.25) is 0 Å². The summed E-state index contributed by atoms with van der Waals surface area (Å²) in [5.41, 5.74) is 1.68. The number of rotatable bonds is 2. The number of hydrogen-bond acceptors (Lipinski definition) is 5. The average molecular weight is 341 g/mol. The number of carbonyl (C=O) groups excluding carboxylic acids is 1. The molecule has 2 aliphatic rings. The molecule has 7 heteroatoms. The topological polar surface area (TPSA) is 61.8 Å². The highest BCUT2D eigenvalue weighted by molar-refractivity contribution is 5.75. The normalized spacial score (nSPS) is 21.7. The molecule has 1 aromatic carbocycles. The lowest BCUT2D eigenvalue weighted by molar-refractivity contribution is 0.123. The zero-order valence-corrected chi connectivity index (χ0v) is 14.5. The zero-order chi connectivity index (χ0) is 17.2. The number of fused-ring (bicyclic) bond motifs is 1. The van der Waals surface area contributed by atoms with Gasteiger partial charge in [-0.3, -0.25) is 0 Å². The zero-order valence-electron chi connectivity index (χ0n) is 14.5. The number of urea groups is 1. The molecule has 3 heterocycles. The molecule has 0 aliphatic carbocycles. The van der Waals surface area contributed by atoms with E-state index in [1.807, 2.05) is 34.1 Å². The number of para-hydroxylation sites is 2. The molecule has 25 heavy (non-hydrogen) atoms. The Morgan fingerprint density at radius 3 is 2.64 bits per heavy atom. The predicted octanol–water partition coefficient (Wildman–Crippen LogP) is 1.45. The Bertz CT molecular complexity index is 760. The van der Waals surface area contributed by atoms with Crippen molar-refractivity contribution in [1.82, 2.24) is 24.7 Å². The summed E-state index contributed by atoms with van der Waals surface area (Å²) in [5.74, 6) is 0.526. The summed E-state index contributed by atoms with van der Waals surface area (Å²) in [6.07, 6.45) is 2.47. The van der Waals surface area contributed by atoms with Crippen molar-refractivity contribution in [1.29, 1.82) is 0 Å². The molecule has 132 valence electrons. The number of piperazine rings is 1. The van der Waals surface area contributed by atoms with Crippen molar-refractivity contribution in [2.45, 2.75) is 12.5 Å². The van der Waals surface area contributed by atoms with E-state index in [0.29, 0.717) is 12.4 Å². The van der Waals surface area contributed by atoms with Gasteiger partial charge in [-0.25, -0.2) is 14.8 Å². The maximum Gasteiger partial charge on any atom is 0.320 e. The maximum atomic E-state index is 12.6. The van der Waals surface area contributed by atoms with Gasteiger partial charge in [-0.05, 0) is 19.2 Å². The molecule has 0 saturated carbocycles. The molecule has 1 unspecified atom stereocenters. The van der Waals surface area contributed by atoms with Crippen molar-refractivity contribution in [2.24, 2.45) is 0 Å². The minimum atomic E-state index is -0.0214. The Balaban J connectivity index is 1.36. The van der Waals surface area contributed by atoms with Gasteiger partial charge in [0.2, 0.25) is 5.88 Å². The largest absolute Gasteiger partial charge is 0.471 e. The number of likely N-dealkylation sites (N-methyl/N-ethyl adjacent to an activating group) is 1. The van der Waals surface area contributed by atoms with Gasteiger partial charge in [0.25, 0.3) is 0 Å². The van der Waals surface area contributed by atoms with Crippen LogP contribution < -0.4 is 4.74 Å². The van der Waals surface area contributed by atoms with Gasteiger partial charge in [-0.2, -0.15) is 0 Å². The SMILES string of the molecule is CN1CCN(C(=O)N2CCC(Oc3cnc4ccccc4n3)C2)CC1. The van der Waals surface area contributed by atoms with Crippen LogP contribution in [0.15, 0.2) is 30.5 Å². The standard InChI is InChI=1S/C18H23N5O2/c1-21-8-10-22(11-9-21)18(24)23-7-6-14(13-23)25-17-12-19-15-4-2-3-5-16(15)20-17/h2-5,12,14H,6-11,13H2,1H3. The average Bonchev–Trinajstić information content (AvgIpc) is 3.10. The first-order chi connectivity index (χ1) is 12.2. The lowest BCUT2D eigenvalue weighted by atomic mass is 10.3. The molecule has 0 radical (unpaired) electrons. The third-order valence-electron chi connectivity index (χ3n) is 4.90. The van der Waals surface area contributed by atoms with Crippen LogP contribution in [0.4, 0.5) is 4.79 Å². The number of nitrogens with zero attached hydrogens (tertiary/aromatic N) is 5. The summed E-state index contributed by atoms with van der Waals surface area (Å²) in [6.45, 7) is 4.82. The number of likely N-dealkylation sites (tertiary alicyclic amines) is 1. The van der Waals surface area contributed by atoms with Gasteiger partial charge >= 0.3 is 6.03 Å². The molecular formula is C18H23N5O2. The Kier molecular flexibility index (Phi) is 4.40. The van der Waals surface area contributed by atoms with Crippen LogP contribution in [0, 0.1) is 0 Å². The van der Waals surface area contributed by atoms with Gasteiger partial charge in [-0.15, -0.1) is 0 Å². The van der Waals surface area contributed by atoms with E-state index in [1.54, 1.807) is 6.20 Å². The maximum absolute atomic E-state index is 12.6. The van der Waals surface area contributed by atoms with Crippen LogP contribution in [-0.2, 0) is 0 Å². The van der Waals surface area contributed by atoms with Crippen LogP contribution in [0.25, 0.3) is 11.0 Å². The van der Waals surface area contributed by atoms with E-state index in [-0.39, 0.29) is 12.1 Å². The van der Waals surface area contributed by atoms with E-state index in [9.17, 15) is 4.79 Å². The molecule has 4 rings (SSSR count). The van der Waals surface area contributed by atoms with Crippen LogP contribution in [0.1, 0.15) is 6.42 Å². The minimum Gasteiger partial charge on any atom is -0.471 e. The van der Waals surface area contributed by atoms with Crippen molar-refractivity contribution < 1.29 is 9.53 Å². The molecule has 2 fully saturated rings. The van der Waals surface area contributed by atoms with Crippen LogP contribution in [-0.4, -0.2) is 83.1 Å². The fourth-order valence-corrected chi connectivity index (χ4v) is 3.36. The van der Waals surface area contributed by atoms with Gasteiger partial charge in [0.05, 0.1) is 23.8 Å². The smallest absolute Gasteiger partial charge is 0.320 e. The second kappa shape index (κ2) is 6.84. The highest BCUT2D eigenvalue weighted by atomic mass is 16.5. The van der Waals surface area contributed by atoms with Crippen molar-refractivity contribution in [3.05, 3.63) is 30.5 Å². The van der Waals surface area contributed by atoms with Gasteiger partial charge < -0.3 is 19.4 Å². The lowest BCUT2D eigenvalue weighted by Gasteiger charge is -2.34. The number of hydrogen-bond donors (Lipinski definition) is 0. The third kappa shape index (κ3) is 3.51. The summed E-state index contributed by atoms with van der Waals surface area (Å²) in [4.78, 5) is 27.6. The van der Waals surface area contributed by atoms with E-state index in [1.165, 1.54) is 0 Å². The van der Waals surface area contributed by atoms with Gasteiger partial charge in [0.1, 0.15) is 6.10 Å². The van der Waals surface area contributed by atoms with Crippen LogP contribution >= 0.6 is 0 Å². The molecular weight excluding hydrogens is 318 g/mol. The second-order valence-corrected chi connectivity index (χ2v) is 6.74.